The first-order valence-electron chi connectivity index (χ1n) is 5.28. The van der Waals surface area contributed by atoms with Gasteiger partial charge in [-0.05, 0) is 31.6 Å². The highest BCUT2D eigenvalue weighted by atomic mass is 35.5. The molecule has 2 rings (SSSR count). The second-order valence-electron chi connectivity index (χ2n) is 4.59. The summed E-state index contributed by atoms with van der Waals surface area (Å²) in [5.41, 5.74) is 1.36. The minimum absolute atomic E-state index is 0. The number of halogens is 1. The summed E-state index contributed by atoms with van der Waals surface area (Å²) < 4.78 is 5.51. The molecule has 0 aromatic carbocycles. The Labute approximate surface area is 111 Å². The number of aliphatic carboxylic acids is 1. The Hall–Kier alpha value is -1.75. The molecule has 5 nitrogen and oxygen atoms in total. The summed E-state index contributed by atoms with van der Waals surface area (Å²) in [7, 11) is 0. The minimum Gasteiger partial charge on any atom is -0.478 e. The molecule has 0 aliphatic carbocycles. The van der Waals surface area contributed by atoms with Gasteiger partial charge in [-0.25, -0.2) is 9.78 Å². The first-order valence-corrected chi connectivity index (χ1v) is 5.28. The summed E-state index contributed by atoms with van der Waals surface area (Å²) in [6, 6.07) is 1.82. The summed E-state index contributed by atoms with van der Waals surface area (Å²) in [5, 5.41) is 11.8. The van der Waals surface area contributed by atoms with Crippen molar-refractivity contribution in [1.29, 1.82) is 0 Å². The molecule has 1 aromatic rings. The lowest BCUT2D eigenvalue weighted by Crippen LogP contribution is -2.41. The summed E-state index contributed by atoms with van der Waals surface area (Å²) in [5.74, 6) is -0.427. The molecule has 0 spiro atoms. The lowest BCUT2D eigenvalue weighted by atomic mass is 10.1. The summed E-state index contributed by atoms with van der Waals surface area (Å²) >= 11 is 0. The van der Waals surface area contributed by atoms with E-state index in [1.54, 1.807) is 6.20 Å². The van der Waals surface area contributed by atoms with Gasteiger partial charge in [-0.3, -0.25) is 0 Å². The molecular weight excluding hydrogens is 256 g/mol. The van der Waals surface area contributed by atoms with Crippen LogP contribution in [0.15, 0.2) is 18.3 Å². The Morgan fingerprint density at radius 3 is 3.00 bits per heavy atom. The average molecular weight is 271 g/mol. The summed E-state index contributed by atoms with van der Waals surface area (Å²) in [6.07, 6.45) is 4.16. The number of carboxylic acid groups (broad SMARTS) is 1. The molecule has 0 fully saturated rings. The monoisotopic (exact) mass is 270 g/mol. The van der Waals surface area contributed by atoms with Crippen molar-refractivity contribution in [3.8, 4) is 5.88 Å². The molecule has 1 aliphatic rings. The van der Waals surface area contributed by atoms with Gasteiger partial charge in [-0.15, -0.1) is 12.4 Å². The van der Waals surface area contributed by atoms with Crippen LogP contribution in [0.2, 0.25) is 0 Å². The van der Waals surface area contributed by atoms with Crippen LogP contribution in [0.4, 0.5) is 5.69 Å². The first-order chi connectivity index (χ1) is 7.96. The van der Waals surface area contributed by atoms with Crippen molar-refractivity contribution >= 4 is 30.1 Å². The number of ether oxygens (including phenoxy) is 1. The SMILES string of the molecule is CC1(C)COc2ncc(C=CC(=O)O)cc2N1.Cl. The Morgan fingerprint density at radius 1 is 1.61 bits per heavy atom. The zero-order chi connectivity index (χ0) is 12.5. The van der Waals surface area contributed by atoms with E-state index in [-0.39, 0.29) is 17.9 Å². The van der Waals surface area contributed by atoms with Crippen LogP contribution in [-0.4, -0.2) is 28.2 Å². The van der Waals surface area contributed by atoms with Crippen molar-refractivity contribution in [1.82, 2.24) is 4.98 Å². The van der Waals surface area contributed by atoms with Gasteiger partial charge in [0.2, 0.25) is 5.88 Å². The van der Waals surface area contributed by atoms with E-state index in [2.05, 4.69) is 10.3 Å². The number of hydrogen-bond acceptors (Lipinski definition) is 4. The van der Waals surface area contributed by atoms with Gasteiger partial charge in [-0.1, -0.05) is 0 Å². The molecule has 98 valence electrons. The largest absolute Gasteiger partial charge is 0.478 e. The molecule has 2 heterocycles. The molecule has 1 aliphatic heterocycles. The number of nitrogens with one attached hydrogen (secondary N) is 1. The molecule has 0 amide bonds. The molecule has 6 heteroatoms. The summed E-state index contributed by atoms with van der Waals surface area (Å²) in [6.45, 7) is 4.60. The van der Waals surface area contributed by atoms with Crippen LogP contribution in [0.1, 0.15) is 19.4 Å². The van der Waals surface area contributed by atoms with Gasteiger partial charge in [0.25, 0.3) is 0 Å². The zero-order valence-electron chi connectivity index (χ0n) is 10.1. The van der Waals surface area contributed by atoms with Gasteiger partial charge in [0, 0.05) is 12.3 Å². The van der Waals surface area contributed by atoms with Crippen LogP contribution < -0.4 is 10.1 Å². The zero-order valence-corrected chi connectivity index (χ0v) is 11.0. The fourth-order valence-electron chi connectivity index (χ4n) is 1.58. The van der Waals surface area contributed by atoms with Gasteiger partial charge in [0.05, 0.1) is 11.2 Å². The predicted molar refractivity (Wildman–Crippen MR) is 71.4 cm³/mol. The normalized spacial score (nSPS) is 16.1. The molecule has 0 saturated carbocycles. The number of nitrogens with zero attached hydrogens (tertiary/aromatic N) is 1. The highest BCUT2D eigenvalue weighted by Crippen LogP contribution is 2.31. The topological polar surface area (TPSA) is 71.5 Å². The molecule has 0 bridgehead atoms. The second-order valence-corrected chi connectivity index (χ2v) is 4.59. The number of carboxylic acids is 1. The van der Waals surface area contributed by atoms with E-state index >= 15 is 0 Å². The van der Waals surface area contributed by atoms with Crippen molar-refractivity contribution in [3.05, 3.63) is 23.9 Å². The van der Waals surface area contributed by atoms with Crippen molar-refractivity contribution in [2.75, 3.05) is 11.9 Å². The number of fused-ring (bicyclic) bond motifs is 1. The van der Waals surface area contributed by atoms with Crippen molar-refractivity contribution in [2.24, 2.45) is 0 Å². The van der Waals surface area contributed by atoms with E-state index in [0.717, 1.165) is 17.3 Å². The van der Waals surface area contributed by atoms with E-state index in [4.69, 9.17) is 9.84 Å². The lowest BCUT2D eigenvalue weighted by molar-refractivity contribution is -0.131. The fraction of sp³-hybridized carbons (Fsp3) is 0.333. The van der Waals surface area contributed by atoms with Gasteiger partial charge in [0.1, 0.15) is 6.61 Å². The third-order valence-electron chi connectivity index (χ3n) is 2.33. The van der Waals surface area contributed by atoms with Crippen LogP contribution in [0.5, 0.6) is 5.88 Å². The predicted octanol–water partition coefficient (Wildman–Crippen LogP) is 2.18. The minimum atomic E-state index is -0.979. The first kappa shape index (κ1) is 14.3. The average Bonchev–Trinajstić information content (AvgIpc) is 2.24. The molecule has 18 heavy (non-hydrogen) atoms. The van der Waals surface area contributed by atoms with E-state index in [9.17, 15) is 4.79 Å². The van der Waals surface area contributed by atoms with E-state index in [0.29, 0.717) is 12.5 Å². The maximum absolute atomic E-state index is 10.4. The molecule has 1 aromatic heterocycles. The third-order valence-corrected chi connectivity index (χ3v) is 2.33. The van der Waals surface area contributed by atoms with Crippen molar-refractivity contribution in [2.45, 2.75) is 19.4 Å². The fourth-order valence-corrected chi connectivity index (χ4v) is 1.58. The van der Waals surface area contributed by atoms with Crippen molar-refractivity contribution in [3.63, 3.8) is 0 Å². The van der Waals surface area contributed by atoms with Crippen LogP contribution in [0.25, 0.3) is 6.08 Å². The number of aromatic nitrogens is 1. The van der Waals surface area contributed by atoms with Gasteiger partial charge < -0.3 is 15.2 Å². The van der Waals surface area contributed by atoms with Crippen LogP contribution in [-0.2, 0) is 4.79 Å². The molecular formula is C12H15ClN2O3. The summed E-state index contributed by atoms with van der Waals surface area (Å²) in [4.78, 5) is 14.6. The highest BCUT2D eigenvalue weighted by molar-refractivity contribution is 5.85. The maximum Gasteiger partial charge on any atom is 0.328 e. The smallest absolute Gasteiger partial charge is 0.328 e. The van der Waals surface area contributed by atoms with Gasteiger partial charge >= 0.3 is 5.97 Å². The van der Waals surface area contributed by atoms with Crippen LogP contribution in [0.3, 0.4) is 0 Å². The van der Waals surface area contributed by atoms with E-state index < -0.39 is 5.97 Å². The molecule has 0 atom stereocenters. The number of hydrogen-bond donors (Lipinski definition) is 2. The lowest BCUT2D eigenvalue weighted by Gasteiger charge is -2.32. The second kappa shape index (κ2) is 5.27. The number of carbonyl (C=O) groups is 1. The Morgan fingerprint density at radius 2 is 2.33 bits per heavy atom. The Bertz CT molecular complexity index is 486. The standard InChI is InChI=1S/C12H14N2O3.ClH/c1-12(2)7-17-11-9(14-12)5-8(6-13-11)3-4-10(15)16;/h3-6,14H,7H2,1-2H3,(H,15,16);1H. The molecule has 0 unspecified atom stereocenters. The van der Waals surface area contributed by atoms with E-state index in [1.807, 2.05) is 19.9 Å². The maximum atomic E-state index is 10.4. The molecule has 2 N–H and O–H groups in total. The number of rotatable bonds is 2. The number of anilines is 1. The van der Waals surface area contributed by atoms with Crippen LogP contribution >= 0.6 is 12.4 Å². The Balaban J connectivity index is 0.00000162. The van der Waals surface area contributed by atoms with Gasteiger partial charge in [0.15, 0.2) is 0 Å². The molecule has 0 radical (unpaired) electrons. The number of pyridine rings is 1. The molecule has 0 saturated heterocycles. The van der Waals surface area contributed by atoms with Crippen LogP contribution in [0, 0.1) is 0 Å². The third kappa shape index (κ3) is 3.37. The quantitative estimate of drug-likeness (QED) is 0.806. The Kier molecular flexibility index (Phi) is 4.19. The van der Waals surface area contributed by atoms with Gasteiger partial charge in [-0.2, -0.15) is 0 Å². The van der Waals surface area contributed by atoms with E-state index in [1.165, 1.54) is 6.08 Å². The van der Waals surface area contributed by atoms with Crippen molar-refractivity contribution < 1.29 is 14.6 Å². The highest BCUT2D eigenvalue weighted by Gasteiger charge is 2.26.